The summed E-state index contributed by atoms with van der Waals surface area (Å²) in [6.45, 7) is 5.24. The average Bonchev–Trinajstić information content (AvgIpc) is 2.74. The SMILES string of the molecule is CCNC(c1coc(C)c1)C1CCCCC1. The van der Waals surface area contributed by atoms with Gasteiger partial charge in [0.2, 0.25) is 0 Å². The summed E-state index contributed by atoms with van der Waals surface area (Å²) in [6.07, 6.45) is 8.85. The van der Waals surface area contributed by atoms with Crippen LogP contribution in [-0.4, -0.2) is 6.54 Å². The van der Waals surface area contributed by atoms with E-state index in [2.05, 4.69) is 18.3 Å². The van der Waals surface area contributed by atoms with Gasteiger partial charge in [-0.15, -0.1) is 0 Å². The Morgan fingerprint density at radius 2 is 2.12 bits per heavy atom. The molecule has 1 saturated carbocycles. The highest BCUT2D eigenvalue weighted by atomic mass is 16.3. The number of hydrogen-bond donors (Lipinski definition) is 1. The molecule has 1 aliphatic rings. The van der Waals surface area contributed by atoms with E-state index in [-0.39, 0.29) is 0 Å². The van der Waals surface area contributed by atoms with Gasteiger partial charge in [-0.3, -0.25) is 0 Å². The zero-order valence-corrected chi connectivity index (χ0v) is 10.5. The molecule has 2 rings (SSSR count). The summed E-state index contributed by atoms with van der Waals surface area (Å²) in [7, 11) is 0. The molecule has 2 nitrogen and oxygen atoms in total. The van der Waals surface area contributed by atoms with E-state index in [0.717, 1.165) is 18.2 Å². The van der Waals surface area contributed by atoms with Gasteiger partial charge in [0.05, 0.1) is 6.26 Å². The smallest absolute Gasteiger partial charge is 0.101 e. The average molecular weight is 221 g/mol. The summed E-state index contributed by atoms with van der Waals surface area (Å²) in [5.74, 6) is 1.82. The Hall–Kier alpha value is -0.760. The Balaban J connectivity index is 2.09. The zero-order valence-electron chi connectivity index (χ0n) is 10.5. The summed E-state index contributed by atoms with van der Waals surface area (Å²) in [5.41, 5.74) is 1.34. The van der Waals surface area contributed by atoms with Gasteiger partial charge in [-0.1, -0.05) is 26.2 Å². The molecular weight excluding hydrogens is 198 g/mol. The Labute approximate surface area is 98.4 Å². The standard InChI is InChI=1S/C14H23NO/c1-3-15-14(12-7-5-4-6-8-12)13-9-11(2)16-10-13/h9-10,12,14-15H,3-8H2,1-2H3. The minimum Gasteiger partial charge on any atom is -0.469 e. The fourth-order valence-electron chi connectivity index (χ4n) is 2.87. The van der Waals surface area contributed by atoms with E-state index in [1.165, 1.54) is 37.7 Å². The Morgan fingerprint density at radius 1 is 1.38 bits per heavy atom. The van der Waals surface area contributed by atoms with Gasteiger partial charge in [-0.25, -0.2) is 0 Å². The zero-order chi connectivity index (χ0) is 11.4. The van der Waals surface area contributed by atoms with E-state index in [9.17, 15) is 0 Å². The number of hydrogen-bond acceptors (Lipinski definition) is 2. The van der Waals surface area contributed by atoms with Crippen LogP contribution in [0.2, 0.25) is 0 Å². The summed E-state index contributed by atoms with van der Waals surface area (Å²) >= 11 is 0. The van der Waals surface area contributed by atoms with Crippen LogP contribution in [0.25, 0.3) is 0 Å². The normalized spacial score (nSPS) is 19.9. The molecule has 0 radical (unpaired) electrons. The van der Waals surface area contributed by atoms with Crippen molar-refractivity contribution in [2.75, 3.05) is 6.54 Å². The van der Waals surface area contributed by atoms with Crippen LogP contribution in [0.1, 0.15) is 56.4 Å². The summed E-state index contributed by atoms with van der Waals surface area (Å²) in [5, 5.41) is 3.62. The van der Waals surface area contributed by atoms with E-state index in [0.29, 0.717) is 6.04 Å². The topological polar surface area (TPSA) is 25.2 Å². The quantitative estimate of drug-likeness (QED) is 0.836. The van der Waals surface area contributed by atoms with Gasteiger partial charge >= 0.3 is 0 Å². The maximum Gasteiger partial charge on any atom is 0.101 e. The first-order chi connectivity index (χ1) is 7.81. The van der Waals surface area contributed by atoms with Crippen LogP contribution < -0.4 is 5.32 Å². The van der Waals surface area contributed by atoms with E-state index in [1.54, 1.807) is 0 Å². The van der Waals surface area contributed by atoms with Gasteiger partial charge in [-0.05, 0) is 38.3 Å². The van der Waals surface area contributed by atoms with Crippen LogP contribution in [0, 0.1) is 12.8 Å². The van der Waals surface area contributed by atoms with Gasteiger partial charge < -0.3 is 9.73 Å². The van der Waals surface area contributed by atoms with Crippen molar-refractivity contribution >= 4 is 0 Å². The molecule has 1 aromatic rings. The van der Waals surface area contributed by atoms with Crippen molar-refractivity contribution in [3.8, 4) is 0 Å². The third-order valence-electron chi connectivity index (χ3n) is 3.66. The molecule has 1 fully saturated rings. The highest BCUT2D eigenvalue weighted by molar-refractivity contribution is 5.17. The van der Waals surface area contributed by atoms with Crippen LogP contribution in [-0.2, 0) is 0 Å². The van der Waals surface area contributed by atoms with Gasteiger partial charge in [0.25, 0.3) is 0 Å². The van der Waals surface area contributed by atoms with Crippen molar-refractivity contribution in [1.29, 1.82) is 0 Å². The van der Waals surface area contributed by atoms with Crippen molar-refractivity contribution in [3.05, 3.63) is 23.7 Å². The molecule has 1 heterocycles. The Bertz CT molecular complexity index is 312. The van der Waals surface area contributed by atoms with Crippen molar-refractivity contribution in [2.45, 2.75) is 52.0 Å². The first-order valence-electron chi connectivity index (χ1n) is 6.59. The van der Waals surface area contributed by atoms with E-state index in [1.807, 2.05) is 13.2 Å². The molecule has 0 amide bonds. The fourth-order valence-corrected chi connectivity index (χ4v) is 2.87. The minimum atomic E-state index is 0.503. The molecule has 16 heavy (non-hydrogen) atoms. The minimum absolute atomic E-state index is 0.503. The molecule has 0 aromatic carbocycles. The Morgan fingerprint density at radius 3 is 2.69 bits per heavy atom. The monoisotopic (exact) mass is 221 g/mol. The lowest BCUT2D eigenvalue weighted by atomic mass is 9.81. The van der Waals surface area contributed by atoms with Crippen LogP contribution >= 0.6 is 0 Å². The van der Waals surface area contributed by atoms with Crippen LogP contribution in [0.15, 0.2) is 16.7 Å². The lowest BCUT2D eigenvalue weighted by Gasteiger charge is -2.30. The highest BCUT2D eigenvalue weighted by Gasteiger charge is 2.25. The molecule has 1 atom stereocenters. The summed E-state index contributed by atoms with van der Waals surface area (Å²) < 4.78 is 5.44. The van der Waals surface area contributed by atoms with E-state index < -0.39 is 0 Å². The molecule has 1 N–H and O–H groups in total. The van der Waals surface area contributed by atoms with Crippen LogP contribution in [0.3, 0.4) is 0 Å². The van der Waals surface area contributed by atoms with Crippen molar-refractivity contribution in [2.24, 2.45) is 5.92 Å². The predicted octanol–water partition coefficient (Wildman–Crippen LogP) is 3.82. The molecule has 0 aliphatic heterocycles. The summed E-state index contributed by atoms with van der Waals surface area (Å²) in [4.78, 5) is 0. The third kappa shape index (κ3) is 2.67. The highest BCUT2D eigenvalue weighted by Crippen LogP contribution is 2.34. The largest absolute Gasteiger partial charge is 0.469 e. The second-order valence-electron chi connectivity index (χ2n) is 4.92. The van der Waals surface area contributed by atoms with Crippen LogP contribution in [0.5, 0.6) is 0 Å². The molecule has 0 saturated heterocycles. The molecule has 0 bridgehead atoms. The number of aryl methyl sites for hydroxylation is 1. The molecule has 1 aromatic heterocycles. The molecule has 0 spiro atoms. The lowest BCUT2D eigenvalue weighted by Crippen LogP contribution is -2.29. The first kappa shape index (κ1) is 11.7. The molecular formula is C14H23NO. The molecule has 1 aliphatic carbocycles. The van der Waals surface area contributed by atoms with Gasteiger partial charge in [0.1, 0.15) is 5.76 Å². The summed E-state index contributed by atoms with van der Waals surface area (Å²) in [6, 6.07) is 2.69. The van der Waals surface area contributed by atoms with Gasteiger partial charge in [-0.2, -0.15) is 0 Å². The molecule has 90 valence electrons. The first-order valence-corrected chi connectivity index (χ1v) is 6.59. The maximum atomic E-state index is 5.44. The second-order valence-corrected chi connectivity index (χ2v) is 4.92. The van der Waals surface area contributed by atoms with Gasteiger partial charge in [0.15, 0.2) is 0 Å². The second kappa shape index (κ2) is 5.53. The van der Waals surface area contributed by atoms with Gasteiger partial charge in [0, 0.05) is 11.6 Å². The van der Waals surface area contributed by atoms with E-state index >= 15 is 0 Å². The van der Waals surface area contributed by atoms with Crippen molar-refractivity contribution in [3.63, 3.8) is 0 Å². The number of nitrogens with one attached hydrogen (secondary N) is 1. The van der Waals surface area contributed by atoms with Crippen molar-refractivity contribution < 1.29 is 4.42 Å². The lowest BCUT2D eigenvalue weighted by molar-refractivity contribution is 0.273. The fraction of sp³-hybridized carbons (Fsp3) is 0.714. The van der Waals surface area contributed by atoms with Crippen molar-refractivity contribution in [1.82, 2.24) is 5.32 Å². The Kier molecular flexibility index (Phi) is 4.05. The van der Waals surface area contributed by atoms with E-state index in [4.69, 9.17) is 4.42 Å². The predicted molar refractivity (Wildman–Crippen MR) is 66.4 cm³/mol. The molecule has 1 unspecified atom stereocenters. The van der Waals surface area contributed by atoms with Crippen LogP contribution in [0.4, 0.5) is 0 Å². The maximum absolute atomic E-state index is 5.44. The number of rotatable bonds is 4. The molecule has 2 heteroatoms. The number of furan rings is 1. The third-order valence-corrected chi connectivity index (χ3v) is 3.66.